The van der Waals surface area contributed by atoms with E-state index in [4.69, 9.17) is 4.32 Å². The Labute approximate surface area is 71.6 Å². The van der Waals surface area contributed by atoms with Gasteiger partial charge in [0.25, 0.3) is 0 Å². The highest BCUT2D eigenvalue weighted by atomic mass is 19.1. The van der Waals surface area contributed by atoms with E-state index in [1.165, 1.54) is 30.7 Å². The van der Waals surface area contributed by atoms with E-state index in [1.54, 1.807) is 0 Å². The molecule has 0 aromatic rings. The molecule has 0 amide bonds. The van der Waals surface area contributed by atoms with Crippen LogP contribution >= 0.6 is 0 Å². The van der Waals surface area contributed by atoms with Crippen molar-refractivity contribution in [2.45, 2.75) is 27.7 Å². The molecule has 66 valence electrons. The lowest BCUT2D eigenvalue weighted by Crippen LogP contribution is -2.47. The first-order valence-electron chi connectivity index (χ1n) is 4.31. The summed E-state index contributed by atoms with van der Waals surface area (Å²) < 4.78 is 10.3. The number of hydrogen-bond acceptors (Lipinski definition) is 0. The fraction of sp³-hybridized carbons (Fsp3) is 1.00. The van der Waals surface area contributed by atoms with Gasteiger partial charge in [-0.05, 0) is 27.7 Å². The van der Waals surface area contributed by atoms with Gasteiger partial charge in [-0.1, -0.05) is 0 Å². The van der Waals surface area contributed by atoms with Gasteiger partial charge in [0.2, 0.25) is 0 Å². The summed E-state index contributed by atoms with van der Waals surface area (Å²) >= 11 is 0. The van der Waals surface area contributed by atoms with Gasteiger partial charge in [0, 0.05) is 0 Å². The Kier molecular flexibility index (Phi) is 9.91. The second kappa shape index (κ2) is 8.06. The standard InChI is InChI=1S/C8H20N.BF/c1-5-9(6-2,7-3)8-4;1-2/h5-8H2,1-4H3;/q+1;. The predicted molar refractivity (Wildman–Crippen MR) is 49.3 cm³/mol. The normalized spacial score (nSPS) is 10.3. The number of nitrogens with zero attached hydrogens (tertiary/aromatic N) is 1. The fourth-order valence-corrected chi connectivity index (χ4v) is 1.34. The molecule has 0 unspecified atom stereocenters. The Morgan fingerprint density at radius 1 is 0.818 bits per heavy atom. The van der Waals surface area contributed by atoms with Crippen molar-refractivity contribution in [2.75, 3.05) is 26.2 Å². The summed E-state index contributed by atoms with van der Waals surface area (Å²) in [5, 5.41) is 0. The highest BCUT2D eigenvalue weighted by Crippen LogP contribution is 2.03. The third-order valence-electron chi connectivity index (χ3n) is 2.68. The zero-order valence-corrected chi connectivity index (χ0v) is 8.23. The lowest BCUT2D eigenvalue weighted by molar-refractivity contribution is -0.921. The molecule has 0 aromatic carbocycles. The van der Waals surface area contributed by atoms with Crippen LogP contribution in [-0.4, -0.2) is 38.8 Å². The van der Waals surface area contributed by atoms with Crippen LogP contribution in [0.25, 0.3) is 0 Å². The summed E-state index contributed by atoms with van der Waals surface area (Å²) in [5.74, 6) is 0. The first-order valence-corrected chi connectivity index (χ1v) is 4.31. The number of quaternary nitrogens is 1. The van der Waals surface area contributed by atoms with E-state index in [2.05, 4.69) is 35.8 Å². The van der Waals surface area contributed by atoms with E-state index in [9.17, 15) is 0 Å². The Balaban J connectivity index is 0. The van der Waals surface area contributed by atoms with Crippen LogP contribution in [0.1, 0.15) is 27.7 Å². The van der Waals surface area contributed by atoms with Crippen molar-refractivity contribution in [3.63, 3.8) is 0 Å². The maximum Gasteiger partial charge on any atom is 0.350 e. The van der Waals surface area contributed by atoms with Crippen LogP contribution in [0.4, 0.5) is 4.32 Å². The largest absolute Gasteiger partial charge is 0.350 e. The zero-order chi connectivity index (χ0) is 9.33. The Hall–Kier alpha value is -0.0451. The molecule has 0 fully saturated rings. The molecule has 0 aliphatic carbocycles. The molecule has 0 spiro atoms. The van der Waals surface area contributed by atoms with Crippen molar-refractivity contribution in [3.8, 4) is 0 Å². The Morgan fingerprint density at radius 3 is 1.00 bits per heavy atom. The molecule has 0 bridgehead atoms. The lowest BCUT2D eigenvalue weighted by Gasteiger charge is -2.34. The molecule has 0 heterocycles. The first-order chi connectivity index (χ1) is 5.24. The van der Waals surface area contributed by atoms with Gasteiger partial charge >= 0.3 is 8.12 Å². The molecule has 0 aromatic heterocycles. The third-order valence-corrected chi connectivity index (χ3v) is 2.68. The molecule has 0 aliphatic rings. The molecule has 0 saturated heterocycles. The van der Waals surface area contributed by atoms with Crippen molar-refractivity contribution < 1.29 is 8.80 Å². The van der Waals surface area contributed by atoms with E-state index in [0.717, 1.165) is 0 Å². The highest BCUT2D eigenvalue weighted by molar-refractivity contribution is 5.96. The Bertz CT molecular complexity index is 57.0. The summed E-state index contributed by atoms with van der Waals surface area (Å²) in [6.45, 7) is 14.2. The third kappa shape index (κ3) is 4.41. The van der Waals surface area contributed by atoms with Gasteiger partial charge in [-0.3, -0.25) is 0 Å². The number of rotatable bonds is 4. The van der Waals surface area contributed by atoms with Gasteiger partial charge in [0.15, 0.2) is 0 Å². The van der Waals surface area contributed by atoms with Gasteiger partial charge < -0.3 is 8.80 Å². The van der Waals surface area contributed by atoms with Gasteiger partial charge in [-0.25, -0.2) is 0 Å². The molecule has 0 atom stereocenters. The summed E-state index contributed by atoms with van der Waals surface area (Å²) in [6, 6.07) is 0. The maximum absolute atomic E-state index is 9.00. The molecule has 0 saturated carbocycles. The minimum absolute atomic E-state index is 1.28. The van der Waals surface area contributed by atoms with Gasteiger partial charge in [0.05, 0.1) is 26.2 Å². The van der Waals surface area contributed by atoms with Crippen molar-refractivity contribution in [3.05, 3.63) is 0 Å². The molecular formula is C8H20BFN+. The van der Waals surface area contributed by atoms with Crippen LogP contribution < -0.4 is 0 Å². The molecule has 1 nitrogen and oxygen atoms in total. The van der Waals surface area contributed by atoms with Crippen LogP contribution in [0.2, 0.25) is 0 Å². The van der Waals surface area contributed by atoms with E-state index >= 15 is 0 Å². The number of halogens is 1. The second-order valence-electron chi connectivity index (χ2n) is 2.61. The SMILES string of the molecule is CC[N+](CC)(CC)CC.[B]F. The van der Waals surface area contributed by atoms with E-state index < -0.39 is 0 Å². The fourth-order valence-electron chi connectivity index (χ4n) is 1.34. The second-order valence-corrected chi connectivity index (χ2v) is 2.61. The van der Waals surface area contributed by atoms with Crippen molar-refractivity contribution >= 4 is 8.12 Å². The van der Waals surface area contributed by atoms with Crippen molar-refractivity contribution in [1.82, 2.24) is 0 Å². The maximum atomic E-state index is 9.00. The smallest absolute Gasteiger partial charge is 0.350 e. The molecular weight excluding hydrogens is 140 g/mol. The van der Waals surface area contributed by atoms with Crippen LogP contribution in [0.3, 0.4) is 0 Å². The van der Waals surface area contributed by atoms with Crippen LogP contribution in [0.15, 0.2) is 0 Å². The van der Waals surface area contributed by atoms with E-state index in [0.29, 0.717) is 0 Å². The topological polar surface area (TPSA) is 0 Å². The van der Waals surface area contributed by atoms with Gasteiger partial charge in [0.1, 0.15) is 0 Å². The zero-order valence-electron chi connectivity index (χ0n) is 8.23. The summed E-state index contributed by atoms with van der Waals surface area (Å²) in [6.07, 6.45) is 0. The van der Waals surface area contributed by atoms with Crippen LogP contribution in [0.5, 0.6) is 0 Å². The lowest BCUT2D eigenvalue weighted by atomic mass is 10.3. The summed E-state index contributed by atoms with van der Waals surface area (Å²) in [4.78, 5) is 0. The average molecular weight is 160 g/mol. The molecule has 3 heteroatoms. The minimum atomic E-state index is 1.28. The monoisotopic (exact) mass is 160 g/mol. The molecule has 0 aliphatic heterocycles. The summed E-state index contributed by atoms with van der Waals surface area (Å²) in [5.41, 5.74) is 0. The van der Waals surface area contributed by atoms with E-state index in [1.807, 2.05) is 0 Å². The first kappa shape index (κ1) is 13.5. The molecule has 2 radical (unpaired) electrons. The molecule has 0 rings (SSSR count). The number of hydrogen-bond donors (Lipinski definition) is 0. The van der Waals surface area contributed by atoms with Crippen molar-refractivity contribution in [2.24, 2.45) is 0 Å². The predicted octanol–water partition coefficient (Wildman–Crippen LogP) is 1.92. The van der Waals surface area contributed by atoms with Crippen LogP contribution in [-0.2, 0) is 0 Å². The molecule has 0 N–H and O–H groups in total. The Morgan fingerprint density at radius 2 is 1.00 bits per heavy atom. The van der Waals surface area contributed by atoms with Gasteiger partial charge in [-0.15, -0.1) is 0 Å². The minimum Gasteiger partial charge on any atom is -0.350 e. The van der Waals surface area contributed by atoms with Gasteiger partial charge in [-0.2, -0.15) is 0 Å². The van der Waals surface area contributed by atoms with E-state index in [-0.39, 0.29) is 0 Å². The van der Waals surface area contributed by atoms with Crippen molar-refractivity contribution in [1.29, 1.82) is 0 Å². The molecule has 11 heavy (non-hydrogen) atoms. The highest BCUT2D eigenvalue weighted by Gasteiger charge is 2.16. The van der Waals surface area contributed by atoms with Crippen LogP contribution in [0, 0.1) is 0 Å². The average Bonchev–Trinajstić information content (AvgIpc) is 2.13. The quantitative estimate of drug-likeness (QED) is 0.435. The summed E-state index contributed by atoms with van der Waals surface area (Å²) in [7, 11) is 3.00.